The number of carboxylic acid groups (broad SMARTS) is 1. The highest BCUT2D eigenvalue weighted by atomic mass is 35.5. The topological polar surface area (TPSA) is 66.4 Å². The number of carbonyl (C=O) groups is 2. The average molecular weight is 232 g/mol. The molecular formula is C9H7ClFNO3. The van der Waals surface area contributed by atoms with E-state index in [2.05, 4.69) is 5.32 Å². The zero-order valence-corrected chi connectivity index (χ0v) is 8.21. The molecule has 1 aromatic rings. The smallest absolute Gasteiger partial charge is 0.338 e. The molecule has 0 radical (unpaired) electrons. The predicted molar refractivity (Wildman–Crippen MR) is 52.7 cm³/mol. The van der Waals surface area contributed by atoms with Crippen LogP contribution in [0.4, 0.5) is 10.1 Å². The minimum Gasteiger partial charge on any atom is -0.478 e. The molecule has 1 amide bonds. The fraction of sp³-hybridized carbons (Fsp3) is 0.111. The van der Waals surface area contributed by atoms with Gasteiger partial charge in [0.2, 0.25) is 5.91 Å². The van der Waals surface area contributed by atoms with Crippen LogP contribution in [0.1, 0.15) is 10.4 Å². The number of hydrogen-bond acceptors (Lipinski definition) is 2. The van der Waals surface area contributed by atoms with Gasteiger partial charge in [-0.3, -0.25) is 4.79 Å². The van der Waals surface area contributed by atoms with Crippen LogP contribution in [0.2, 0.25) is 0 Å². The fourth-order valence-corrected chi connectivity index (χ4v) is 1.03. The Kier molecular flexibility index (Phi) is 3.62. The van der Waals surface area contributed by atoms with Gasteiger partial charge < -0.3 is 10.4 Å². The number of alkyl halides is 1. The van der Waals surface area contributed by atoms with Crippen molar-refractivity contribution in [2.45, 2.75) is 0 Å². The van der Waals surface area contributed by atoms with Crippen LogP contribution in [-0.2, 0) is 4.79 Å². The lowest BCUT2D eigenvalue weighted by Crippen LogP contribution is -2.13. The number of hydrogen-bond donors (Lipinski definition) is 2. The molecule has 0 bridgehead atoms. The van der Waals surface area contributed by atoms with E-state index in [-0.39, 0.29) is 11.6 Å². The van der Waals surface area contributed by atoms with Gasteiger partial charge in [-0.1, -0.05) is 0 Å². The Morgan fingerprint density at radius 2 is 2.13 bits per heavy atom. The number of carboxylic acids is 1. The molecule has 15 heavy (non-hydrogen) atoms. The van der Waals surface area contributed by atoms with E-state index in [4.69, 9.17) is 16.7 Å². The minimum absolute atomic E-state index is 0.194. The molecule has 0 aromatic heterocycles. The third-order valence-corrected chi connectivity index (χ3v) is 1.84. The molecule has 0 heterocycles. The molecule has 0 fully saturated rings. The van der Waals surface area contributed by atoms with Gasteiger partial charge in [-0.05, 0) is 18.2 Å². The van der Waals surface area contributed by atoms with E-state index in [9.17, 15) is 14.0 Å². The second-order valence-corrected chi connectivity index (χ2v) is 2.95. The van der Waals surface area contributed by atoms with Gasteiger partial charge in [0, 0.05) is 5.69 Å². The molecule has 0 aliphatic rings. The van der Waals surface area contributed by atoms with Gasteiger partial charge in [0.05, 0.1) is 5.56 Å². The molecule has 0 saturated carbocycles. The van der Waals surface area contributed by atoms with E-state index >= 15 is 0 Å². The number of rotatable bonds is 3. The Labute approximate surface area is 89.7 Å². The Balaban J connectivity index is 2.97. The summed E-state index contributed by atoms with van der Waals surface area (Å²) in [5.41, 5.74) is -0.304. The van der Waals surface area contributed by atoms with Crippen LogP contribution in [0, 0.1) is 5.82 Å². The highest BCUT2D eigenvalue weighted by Gasteiger charge is 2.11. The van der Waals surface area contributed by atoms with Gasteiger partial charge in [-0.15, -0.1) is 11.6 Å². The van der Waals surface area contributed by atoms with E-state index in [0.717, 1.165) is 12.1 Å². The first-order valence-corrected chi connectivity index (χ1v) is 4.46. The van der Waals surface area contributed by atoms with Crippen molar-refractivity contribution in [2.24, 2.45) is 0 Å². The number of amides is 1. The van der Waals surface area contributed by atoms with Crippen LogP contribution >= 0.6 is 11.6 Å². The van der Waals surface area contributed by atoms with Gasteiger partial charge in [0.15, 0.2) is 0 Å². The number of anilines is 1. The van der Waals surface area contributed by atoms with Gasteiger partial charge in [0.25, 0.3) is 0 Å². The average Bonchev–Trinajstić information content (AvgIpc) is 2.20. The Bertz CT molecular complexity index is 408. The molecule has 0 aliphatic carbocycles. The summed E-state index contributed by atoms with van der Waals surface area (Å²) in [6, 6.07) is 3.25. The second-order valence-electron chi connectivity index (χ2n) is 2.68. The maximum Gasteiger partial charge on any atom is 0.338 e. The summed E-state index contributed by atoms with van der Waals surface area (Å²) in [4.78, 5) is 21.4. The summed E-state index contributed by atoms with van der Waals surface area (Å²) >= 11 is 5.23. The van der Waals surface area contributed by atoms with Crippen LogP contribution in [0.5, 0.6) is 0 Å². The monoisotopic (exact) mass is 231 g/mol. The quantitative estimate of drug-likeness (QED) is 0.778. The Hall–Kier alpha value is -1.62. The largest absolute Gasteiger partial charge is 0.478 e. The normalized spacial score (nSPS) is 9.73. The van der Waals surface area contributed by atoms with E-state index in [0.29, 0.717) is 0 Å². The minimum atomic E-state index is -1.39. The zero-order chi connectivity index (χ0) is 11.4. The highest BCUT2D eigenvalue weighted by Crippen LogP contribution is 2.14. The molecular weight excluding hydrogens is 225 g/mol. The molecule has 1 aromatic carbocycles. The molecule has 0 saturated heterocycles. The molecule has 4 nitrogen and oxygen atoms in total. The Morgan fingerprint density at radius 3 is 2.67 bits per heavy atom. The molecule has 0 aliphatic heterocycles. The predicted octanol–water partition coefficient (Wildman–Crippen LogP) is 1.70. The third-order valence-electron chi connectivity index (χ3n) is 1.60. The molecule has 0 spiro atoms. The first kappa shape index (κ1) is 11.5. The lowest BCUT2D eigenvalue weighted by atomic mass is 10.2. The van der Waals surface area contributed by atoms with Crippen LogP contribution < -0.4 is 5.32 Å². The fourth-order valence-electron chi connectivity index (χ4n) is 0.961. The van der Waals surface area contributed by atoms with Crippen molar-refractivity contribution >= 4 is 29.2 Å². The van der Waals surface area contributed by atoms with Gasteiger partial charge in [-0.2, -0.15) is 0 Å². The van der Waals surface area contributed by atoms with Crippen molar-refractivity contribution < 1.29 is 19.1 Å². The first-order valence-electron chi connectivity index (χ1n) is 3.93. The van der Waals surface area contributed by atoms with E-state index in [1.165, 1.54) is 6.07 Å². The highest BCUT2D eigenvalue weighted by molar-refractivity contribution is 6.29. The lowest BCUT2D eigenvalue weighted by molar-refractivity contribution is -0.113. The lowest BCUT2D eigenvalue weighted by Gasteiger charge is -2.04. The van der Waals surface area contributed by atoms with Crippen molar-refractivity contribution in [3.8, 4) is 0 Å². The second kappa shape index (κ2) is 4.75. The van der Waals surface area contributed by atoms with Crippen molar-refractivity contribution in [3.05, 3.63) is 29.6 Å². The summed E-state index contributed by atoms with van der Waals surface area (Å²) in [6.45, 7) is 0. The van der Waals surface area contributed by atoms with Gasteiger partial charge >= 0.3 is 5.97 Å². The molecule has 0 atom stereocenters. The summed E-state index contributed by atoms with van der Waals surface area (Å²) in [5, 5.41) is 10.9. The molecule has 2 N–H and O–H groups in total. The number of aromatic carboxylic acids is 1. The molecule has 80 valence electrons. The number of nitrogens with one attached hydrogen (secondary N) is 1. The van der Waals surface area contributed by atoms with E-state index in [1.54, 1.807) is 0 Å². The van der Waals surface area contributed by atoms with Crippen molar-refractivity contribution in [1.29, 1.82) is 0 Å². The van der Waals surface area contributed by atoms with Crippen molar-refractivity contribution in [2.75, 3.05) is 11.2 Å². The summed E-state index contributed by atoms with van der Waals surface area (Å²) in [7, 11) is 0. The zero-order valence-electron chi connectivity index (χ0n) is 7.46. The maximum atomic E-state index is 12.9. The molecule has 0 unspecified atom stereocenters. The summed E-state index contributed by atoms with van der Waals surface area (Å²) in [6.07, 6.45) is 0. The summed E-state index contributed by atoms with van der Waals surface area (Å²) < 4.78 is 12.9. The van der Waals surface area contributed by atoms with Crippen molar-refractivity contribution in [1.82, 2.24) is 0 Å². The standard InChI is InChI=1S/C9H7ClFNO3/c10-4-8(13)12-5-1-2-7(11)6(3-5)9(14)15/h1-3H,4H2,(H,12,13)(H,14,15). The SMILES string of the molecule is O=C(CCl)Nc1ccc(F)c(C(=O)O)c1. The molecule has 1 rings (SSSR count). The van der Waals surface area contributed by atoms with Crippen LogP contribution in [0.15, 0.2) is 18.2 Å². The van der Waals surface area contributed by atoms with Crippen molar-refractivity contribution in [3.63, 3.8) is 0 Å². The van der Waals surface area contributed by atoms with E-state index < -0.39 is 23.3 Å². The Morgan fingerprint density at radius 1 is 1.47 bits per heavy atom. The van der Waals surface area contributed by atoms with Gasteiger partial charge in [-0.25, -0.2) is 9.18 Å². The number of halogens is 2. The van der Waals surface area contributed by atoms with Crippen LogP contribution in [0.3, 0.4) is 0 Å². The number of benzene rings is 1. The van der Waals surface area contributed by atoms with Crippen LogP contribution in [-0.4, -0.2) is 22.9 Å². The van der Waals surface area contributed by atoms with Crippen LogP contribution in [0.25, 0.3) is 0 Å². The third kappa shape index (κ3) is 2.92. The van der Waals surface area contributed by atoms with Gasteiger partial charge in [0.1, 0.15) is 11.7 Å². The maximum absolute atomic E-state index is 12.9. The van der Waals surface area contributed by atoms with E-state index in [1.807, 2.05) is 0 Å². The number of carbonyl (C=O) groups excluding carboxylic acids is 1. The first-order chi connectivity index (χ1) is 7.04. The summed E-state index contributed by atoms with van der Waals surface area (Å²) in [5.74, 6) is -2.99. The molecule has 6 heteroatoms.